The molecule has 106 valence electrons. The summed E-state index contributed by atoms with van der Waals surface area (Å²) in [5, 5.41) is 10.6. The van der Waals surface area contributed by atoms with Crippen molar-refractivity contribution in [3.8, 4) is 0 Å². The van der Waals surface area contributed by atoms with Crippen molar-refractivity contribution >= 4 is 0 Å². The van der Waals surface area contributed by atoms with Crippen molar-refractivity contribution < 1.29 is 5.11 Å². The molecular weight excluding hydrogens is 248 g/mol. The average Bonchev–Trinajstić information content (AvgIpc) is 2.90. The van der Waals surface area contributed by atoms with E-state index in [0.29, 0.717) is 0 Å². The van der Waals surface area contributed by atoms with Crippen LogP contribution in [0, 0.1) is 6.92 Å². The minimum Gasteiger partial charge on any atom is -0.386 e. The van der Waals surface area contributed by atoms with E-state index < -0.39 is 6.10 Å². The van der Waals surface area contributed by atoms with E-state index in [1.165, 1.54) is 29.8 Å². The van der Waals surface area contributed by atoms with Gasteiger partial charge in [-0.1, -0.05) is 29.8 Å². The van der Waals surface area contributed by atoms with E-state index >= 15 is 0 Å². The Bertz CT molecular complexity index is 586. The third-order valence-electron chi connectivity index (χ3n) is 4.37. The number of aryl methyl sites for hydroxylation is 2. The van der Waals surface area contributed by atoms with Crippen LogP contribution in [0.4, 0.5) is 0 Å². The molecule has 3 nitrogen and oxygen atoms in total. The number of aliphatic hydroxyl groups is 1. The fourth-order valence-electron chi connectivity index (χ4n) is 3.04. The second-order valence-corrected chi connectivity index (χ2v) is 5.85. The SMILES string of the molecule is Cc1ccc(C(O)C(C)n2cnc3c2CCCC3)cc1. The lowest BCUT2D eigenvalue weighted by atomic mass is 9.98. The summed E-state index contributed by atoms with van der Waals surface area (Å²) in [7, 11) is 0. The molecule has 1 aromatic heterocycles. The summed E-state index contributed by atoms with van der Waals surface area (Å²) in [6.45, 7) is 4.13. The number of fused-ring (bicyclic) bond motifs is 1. The fourth-order valence-corrected chi connectivity index (χ4v) is 3.04. The molecule has 0 fully saturated rings. The van der Waals surface area contributed by atoms with Gasteiger partial charge in [-0.25, -0.2) is 4.98 Å². The summed E-state index contributed by atoms with van der Waals surface area (Å²) in [6, 6.07) is 8.15. The predicted octanol–water partition coefficient (Wildman–Crippen LogP) is 3.36. The first-order valence-electron chi connectivity index (χ1n) is 7.46. The number of hydrogen-bond donors (Lipinski definition) is 1. The van der Waals surface area contributed by atoms with Crippen LogP contribution >= 0.6 is 0 Å². The van der Waals surface area contributed by atoms with E-state index in [-0.39, 0.29) is 6.04 Å². The van der Waals surface area contributed by atoms with Crippen LogP contribution in [0.25, 0.3) is 0 Å². The van der Waals surface area contributed by atoms with Crippen LogP contribution in [-0.4, -0.2) is 14.7 Å². The lowest BCUT2D eigenvalue weighted by molar-refractivity contribution is 0.120. The highest BCUT2D eigenvalue weighted by molar-refractivity contribution is 5.25. The Balaban J connectivity index is 1.86. The third kappa shape index (κ3) is 2.38. The van der Waals surface area contributed by atoms with Crippen LogP contribution < -0.4 is 0 Å². The number of hydrogen-bond acceptors (Lipinski definition) is 2. The van der Waals surface area contributed by atoms with Crippen molar-refractivity contribution in [3.05, 3.63) is 53.1 Å². The molecule has 0 saturated carbocycles. The van der Waals surface area contributed by atoms with Crippen molar-refractivity contribution in [3.63, 3.8) is 0 Å². The van der Waals surface area contributed by atoms with Gasteiger partial charge in [0.05, 0.1) is 24.2 Å². The molecule has 2 unspecified atom stereocenters. The standard InChI is InChI=1S/C17H22N2O/c1-12-7-9-14(10-8-12)17(20)13(2)19-11-18-15-5-3-4-6-16(15)19/h7-11,13,17,20H,3-6H2,1-2H3. The van der Waals surface area contributed by atoms with Crippen LogP contribution in [0.1, 0.15) is 54.4 Å². The van der Waals surface area contributed by atoms with Gasteiger partial charge in [0.25, 0.3) is 0 Å². The van der Waals surface area contributed by atoms with Crippen molar-refractivity contribution in [1.29, 1.82) is 0 Å². The highest BCUT2D eigenvalue weighted by Gasteiger charge is 2.23. The normalized spacial score (nSPS) is 17.6. The quantitative estimate of drug-likeness (QED) is 0.928. The van der Waals surface area contributed by atoms with E-state index in [9.17, 15) is 5.11 Å². The van der Waals surface area contributed by atoms with Crippen LogP contribution in [0.5, 0.6) is 0 Å². The molecule has 2 aromatic rings. The molecule has 0 radical (unpaired) electrons. The highest BCUT2D eigenvalue weighted by Crippen LogP contribution is 2.30. The first-order valence-corrected chi connectivity index (χ1v) is 7.46. The number of nitrogens with zero attached hydrogens (tertiary/aromatic N) is 2. The van der Waals surface area contributed by atoms with E-state index in [2.05, 4.69) is 35.5 Å². The minimum atomic E-state index is -0.490. The van der Waals surface area contributed by atoms with Gasteiger partial charge in [0.1, 0.15) is 0 Å². The second-order valence-electron chi connectivity index (χ2n) is 5.85. The van der Waals surface area contributed by atoms with Gasteiger partial charge in [0.2, 0.25) is 0 Å². The molecule has 0 bridgehead atoms. The molecular formula is C17H22N2O. The summed E-state index contributed by atoms with van der Waals surface area (Å²) in [4.78, 5) is 4.52. The summed E-state index contributed by atoms with van der Waals surface area (Å²) in [5.41, 5.74) is 4.73. The van der Waals surface area contributed by atoms with Crippen molar-refractivity contribution in [2.45, 2.75) is 51.7 Å². The molecule has 1 aliphatic carbocycles. The molecule has 2 atom stereocenters. The fraction of sp³-hybridized carbons (Fsp3) is 0.471. The number of aliphatic hydroxyl groups excluding tert-OH is 1. The predicted molar refractivity (Wildman–Crippen MR) is 79.7 cm³/mol. The summed E-state index contributed by atoms with van der Waals surface area (Å²) in [5.74, 6) is 0. The van der Waals surface area contributed by atoms with Gasteiger partial charge in [0, 0.05) is 5.69 Å². The monoisotopic (exact) mass is 270 g/mol. The first kappa shape index (κ1) is 13.4. The molecule has 3 heteroatoms. The van der Waals surface area contributed by atoms with Crippen LogP contribution in [0.15, 0.2) is 30.6 Å². The maximum Gasteiger partial charge on any atom is 0.0994 e. The van der Waals surface area contributed by atoms with Gasteiger partial charge in [-0.15, -0.1) is 0 Å². The highest BCUT2D eigenvalue weighted by atomic mass is 16.3. The maximum absolute atomic E-state index is 10.6. The topological polar surface area (TPSA) is 38.0 Å². The Morgan fingerprint density at radius 2 is 1.85 bits per heavy atom. The minimum absolute atomic E-state index is 0.0204. The number of rotatable bonds is 3. The zero-order chi connectivity index (χ0) is 14.1. The summed E-state index contributed by atoms with van der Waals surface area (Å²) < 4.78 is 2.17. The lowest BCUT2D eigenvalue weighted by Crippen LogP contribution is -2.18. The Morgan fingerprint density at radius 3 is 2.60 bits per heavy atom. The molecule has 0 saturated heterocycles. The first-order chi connectivity index (χ1) is 9.66. The van der Waals surface area contributed by atoms with E-state index in [1.807, 2.05) is 18.5 Å². The van der Waals surface area contributed by atoms with Crippen LogP contribution in [0.3, 0.4) is 0 Å². The Labute approximate surface area is 120 Å². The molecule has 3 rings (SSSR count). The van der Waals surface area contributed by atoms with E-state index in [0.717, 1.165) is 18.4 Å². The van der Waals surface area contributed by atoms with Crippen molar-refractivity contribution in [2.24, 2.45) is 0 Å². The summed E-state index contributed by atoms with van der Waals surface area (Å²) >= 11 is 0. The van der Waals surface area contributed by atoms with Gasteiger partial charge in [-0.05, 0) is 45.1 Å². The summed E-state index contributed by atoms with van der Waals surface area (Å²) in [6.07, 6.45) is 6.04. The van der Waals surface area contributed by atoms with Gasteiger partial charge < -0.3 is 9.67 Å². The third-order valence-corrected chi connectivity index (χ3v) is 4.37. The molecule has 1 heterocycles. The largest absolute Gasteiger partial charge is 0.386 e. The maximum atomic E-state index is 10.6. The molecule has 0 amide bonds. The molecule has 1 aliphatic rings. The van der Waals surface area contributed by atoms with Crippen LogP contribution in [-0.2, 0) is 12.8 Å². The zero-order valence-corrected chi connectivity index (χ0v) is 12.2. The van der Waals surface area contributed by atoms with Crippen molar-refractivity contribution in [2.75, 3.05) is 0 Å². The lowest BCUT2D eigenvalue weighted by Gasteiger charge is -2.24. The van der Waals surface area contributed by atoms with E-state index in [1.54, 1.807) is 0 Å². The van der Waals surface area contributed by atoms with Gasteiger partial charge in [0.15, 0.2) is 0 Å². The number of aromatic nitrogens is 2. The molecule has 0 spiro atoms. The zero-order valence-electron chi connectivity index (χ0n) is 12.2. The van der Waals surface area contributed by atoms with Gasteiger partial charge in [-0.2, -0.15) is 0 Å². The Kier molecular flexibility index (Phi) is 3.62. The van der Waals surface area contributed by atoms with Gasteiger partial charge >= 0.3 is 0 Å². The van der Waals surface area contributed by atoms with Crippen molar-refractivity contribution in [1.82, 2.24) is 9.55 Å². The second kappa shape index (κ2) is 5.41. The van der Waals surface area contributed by atoms with Gasteiger partial charge in [-0.3, -0.25) is 0 Å². The number of benzene rings is 1. The Morgan fingerprint density at radius 1 is 1.15 bits per heavy atom. The average molecular weight is 270 g/mol. The smallest absolute Gasteiger partial charge is 0.0994 e. The molecule has 1 N–H and O–H groups in total. The number of imidazole rings is 1. The molecule has 1 aromatic carbocycles. The Hall–Kier alpha value is -1.61. The van der Waals surface area contributed by atoms with E-state index in [4.69, 9.17) is 0 Å². The molecule has 20 heavy (non-hydrogen) atoms. The van der Waals surface area contributed by atoms with Crippen LogP contribution in [0.2, 0.25) is 0 Å². The molecule has 0 aliphatic heterocycles.